The van der Waals surface area contributed by atoms with E-state index in [2.05, 4.69) is 21.2 Å². The van der Waals surface area contributed by atoms with Gasteiger partial charge in [-0.25, -0.2) is 0 Å². The lowest BCUT2D eigenvalue weighted by Gasteiger charge is -2.19. The second-order valence-corrected chi connectivity index (χ2v) is 5.10. The van der Waals surface area contributed by atoms with Crippen molar-refractivity contribution in [3.8, 4) is 0 Å². The van der Waals surface area contributed by atoms with E-state index >= 15 is 0 Å². The summed E-state index contributed by atoms with van der Waals surface area (Å²) in [6.45, 7) is 0. The number of hydrogen-bond donors (Lipinski definition) is 1. The van der Waals surface area contributed by atoms with E-state index in [1.165, 1.54) is 0 Å². The third kappa shape index (κ3) is 2.69. The summed E-state index contributed by atoms with van der Waals surface area (Å²) in [4.78, 5) is 23.0. The first kappa shape index (κ1) is 12.6. The number of alkyl halides is 1. The van der Waals surface area contributed by atoms with Crippen LogP contribution in [0.1, 0.15) is 28.8 Å². The molecule has 1 aromatic rings. The van der Waals surface area contributed by atoms with Crippen molar-refractivity contribution in [2.75, 3.05) is 10.6 Å². The van der Waals surface area contributed by atoms with Gasteiger partial charge in [0.15, 0.2) is 5.78 Å². The van der Waals surface area contributed by atoms with Gasteiger partial charge in [-0.2, -0.15) is 0 Å². The number of amides is 1. The fraction of sp³-hybridized carbons (Fsp3) is 0.333. The Kier molecular flexibility index (Phi) is 3.84. The molecule has 0 spiro atoms. The molecule has 0 atom stereocenters. The lowest BCUT2D eigenvalue weighted by atomic mass is 9.98. The lowest BCUT2D eigenvalue weighted by Crippen LogP contribution is -2.20. The van der Waals surface area contributed by atoms with Gasteiger partial charge >= 0.3 is 0 Å². The van der Waals surface area contributed by atoms with Gasteiger partial charge in [0.1, 0.15) is 0 Å². The second-order valence-electron chi connectivity index (χ2n) is 3.90. The lowest BCUT2D eigenvalue weighted by molar-refractivity contribution is -0.116. The summed E-state index contributed by atoms with van der Waals surface area (Å²) < 4.78 is 0. The van der Waals surface area contributed by atoms with Crippen LogP contribution >= 0.6 is 27.5 Å². The number of nitrogens with one attached hydrogen (secondary N) is 1. The van der Waals surface area contributed by atoms with Crippen molar-refractivity contribution < 1.29 is 9.59 Å². The SMILES string of the molecule is O=C1CCc2cc(C(=O)CCBr)cc(Cl)c2N1. The third-order valence-electron chi connectivity index (χ3n) is 2.70. The number of halogens is 2. The average Bonchev–Trinajstić information content (AvgIpc) is 2.30. The van der Waals surface area contributed by atoms with Gasteiger partial charge in [-0.3, -0.25) is 9.59 Å². The van der Waals surface area contributed by atoms with E-state index in [0.29, 0.717) is 40.9 Å². The molecule has 1 heterocycles. The highest BCUT2D eigenvalue weighted by Crippen LogP contribution is 2.32. The number of rotatable bonds is 3. The summed E-state index contributed by atoms with van der Waals surface area (Å²) in [5.74, 6) is 0.0300. The van der Waals surface area contributed by atoms with Crippen molar-refractivity contribution in [3.05, 3.63) is 28.3 Å². The van der Waals surface area contributed by atoms with Crippen LogP contribution in [-0.2, 0) is 11.2 Å². The first-order valence-electron chi connectivity index (χ1n) is 5.33. The molecule has 0 bridgehead atoms. The Morgan fingerprint density at radius 2 is 2.18 bits per heavy atom. The maximum Gasteiger partial charge on any atom is 0.224 e. The van der Waals surface area contributed by atoms with Gasteiger partial charge in [-0.05, 0) is 24.1 Å². The Morgan fingerprint density at radius 3 is 2.88 bits per heavy atom. The highest BCUT2D eigenvalue weighted by atomic mass is 79.9. The minimum atomic E-state index is -0.0288. The molecule has 0 aromatic heterocycles. The maximum absolute atomic E-state index is 11.8. The Hall–Kier alpha value is -0.870. The monoisotopic (exact) mass is 315 g/mol. The molecule has 5 heteroatoms. The summed E-state index contributed by atoms with van der Waals surface area (Å²) >= 11 is 9.32. The standard InChI is InChI=1S/C12H11BrClNO2/c13-4-3-10(16)8-5-7-1-2-11(17)15-12(7)9(14)6-8/h5-6H,1-4H2,(H,15,17). The quantitative estimate of drug-likeness (QED) is 0.687. The molecule has 1 aliphatic rings. The van der Waals surface area contributed by atoms with Gasteiger partial charge in [0, 0.05) is 23.7 Å². The number of fused-ring (bicyclic) bond motifs is 1. The molecule has 3 nitrogen and oxygen atoms in total. The van der Waals surface area contributed by atoms with Crippen LogP contribution in [-0.4, -0.2) is 17.0 Å². The summed E-state index contributed by atoms with van der Waals surface area (Å²) in [6, 6.07) is 3.45. The van der Waals surface area contributed by atoms with Crippen molar-refractivity contribution in [3.63, 3.8) is 0 Å². The average molecular weight is 317 g/mol. The molecule has 2 rings (SSSR count). The van der Waals surface area contributed by atoms with E-state index < -0.39 is 0 Å². The van der Waals surface area contributed by atoms with Crippen LogP contribution in [0.3, 0.4) is 0 Å². The van der Waals surface area contributed by atoms with E-state index in [1.807, 2.05) is 6.07 Å². The van der Waals surface area contributed by atoms with Crippen LogP contribution in [0.15, 0.2) is 12.1 Å². The van der Waals surface area contributed by atoms with Gasteiger partial charge in [0.2, 0.25) is 5.91 Å². The second kappa shape index (κ2) is 5.19. The van der Waals surface area contributed by atoms with Crippen molar-refractivity contribution in [1.82, 2.24) is 0 Å². The Labute approximate surface area is 113 Å². The number of carbonyl (C=O) groups is 2. The molecule has 0 saturated carbocycles. The van der Waals surface area contributed by atoms with Crippen LogP contribution in [0.25, 0.3) is 0 Å². The zero-order valence-electron chi connectivity index (χ0n) is 9.06. The van der Waals surface area contributed by atoms with Gasteiger partial charge < -0.3 is 5.32 Å². The maximum atomic E-state index is 11.8. The van der Waals surface area contributed by atoms with Crippen LogP contribution in [0, 0.1) is 0 Å². The number of anilines is 1. The van der Waals surface area contributed by atoms with Crippen molar-refractivity contribution in [1.29, 1.82) is 0 Å². The minimum Gasteiger partial charge on any atom is -0.325 e. The predicted molar refractivity (Wildman–Crippen MR) is 71.1 cm³/mol. The Bertz CT molecular complexity index is 488. The number of hydrogen-bond acceptors (Lipinski definition) is 2. The minimum absolute atomic E-state index is 0.0288. The van der Waals surface area contributed by atoms with Crippen LogP contribution in [0.5, 0.6) is 0 Å². The molecule has 1 N–H and O–H groups in total. The largest absolute Gasteiger partial charge is 0.325 e. The van der Waals surface area contributed by atoms with Crippen LogP contribution in [0.2, 0.25) is 5.02 Å². The topological polar surface area (TPSA) is 46.2 Å². The van der Waals surface area contributed by atoms with Crippen molar-refractivity contribution >= 4 is 44.9 Å². The van der Waals surface area contributed by atoms with Crippen LogP contribution in [0.4, 0.5) is 5.69 Å². The molecule has 0 aliphatic carbocycles. The fourth-order valence-electron chi connectivity index (χ4n) is 1.84. The molecule has 0 saturated heterocycles. The van der Waals surface area contributed by atoms with E-state index in [9.17, 15) is 9.59 Å². The fourth-order valence-corrected chi connectivity index (χ4v) is 2.49. The molecule has 0 fully saturated rings. The number of benzene rings is 1. The first-order valence-corrected chi connectivity index (χ1v) is 6.83. The van der Waals surface area contributed by atoms with Crippen LogP contribution < -0.4 is 5.32 Å². The summed E-state index contributed by atoms with van der Waals surface area (Å²) in [5.41, 5.74) is 2.21. The summed E-state index contributed by atoms with van der Waals surface area (Å²) in [5, 5.41) is 3.81. The normalized spacial score (nSPS) is 14.1. The van der Waals surface area contributed by atoms with E-state index in [4.69, 9.17) is 11.6 Å². The molecule has 1 amide bonds. The summed E-state index contributed by atoms with van der Waals surface area (Å²) in [6.07, 6.45) is 1.53. The molecule has 0 radical (unpaired) electrons. The van der Waals surface area contributed by atoms with Gasteiger partial charge in [0.05, 0.1) is 10.7 Å². The van der Waals surface area contributed by atoms with E-state index in [-0.39, 0.29) is 11.7 Å². The summed E-state index contributed by atoms with van der Waals surface area (Å²) in [7, 11) is 0. The molecule has 90 valence electrons. The van der Waals surface area contributed by atoms with Gasteiger partial charge in [-0.1, -0.05) is 27.5 Å². The van der Waals surface area contributed by atoms with Gasteiger partial charge in [0.25, 0.3) is 0 Å². The number of carbonyl (C=O) groups excluding carboxylic acids is 2. The highest BCUT2D eigenvalue weighted by molar-refractivity contribution is 9.09. The van der Waals surface area contributed by atoms with Gasteiger partial charge in [-0.15, -0.1) is 0 Å². The Balaban J connectivity index is 2.37. The predicted octanol–water partition coefficient (Wildman–Crippen LogP) is 3.19. The van der Waals surface area contributed by atoms with Crippen molar-refractivity contribution in [2.24, 2.45) is 0 Å². The molecular formula is C12H11BrClNO2. The molecule has 1 aliphatic heterocycles. The number of Topliss-reactive ketones (excluding diaryl/α,β-unsaturated/α-hetero) is 1. The Morgan fingerprint density at radius 1 is 1.41 bits per heavy atom. The third-order valence-corrected chi connectivity index (χ3v) is 3.40. The van der Waals surface area contributed by atoms with Crippen molar-refractivity contribution in [2.45, 2.75) is 19.3 Å². The zero-order valence-corrected chi connectivity index (χ0v) is 11.4. The zero-order chi connectivity index (χ0) is 12.4. The van der Waals surface area contributed by atoms with E-state index in [1.54, 1.807) is 6.07 Å². The number of aryl methyl sites for hydroxylation is 1. The molecule has 0 unspecified atom stereocenters. The molecule has 1 aromatic carbocycles. The number of ketones is 1. The highest BCUT2D eigenvalue weighted by Gasteiger charge is 2.19. The smallest absolute Gasteiger partial charge is 0.224 e. The molecular weight excluding hydrogens is 305 g/mol. The van der Waals surface area contributed by atoms with E-state index in [0.717, 1.165) is 5.56 Å². The first-order chi connectivity index (χ1) is 8.11. The molecule has 17 heavy (non-hydrogen) atoms.